The van der Waals surface area contributed by atoms with E-state index in [1.54, 1.807) is 12.1 Å². The molecule has 1 fully saturated rings. The maximum Gasteiger partial charge on any atom is 0.191 e. The normalized spacial score (nSPS) is 19.8. The maximum absolute atomic E-state index is 11.6. The minimum Gasteiger partial charge on any atom is -0.357 e. The van der Waals surface area contributed by atoms with Crippen LogP contribution in [0.3, 0.4) is 0 Å². The van der Waals surface area contributed by atoms with E-state index < -0.39 is 9.84 Å². The van der Waals surface area contributed by atoms with Gasteiger partial charge in [-0.1, -0.05) is 42.5 Å². The van der Waals surface area contributed by atoms with Crippen molar-refractivity contribution in [2.45, 2.75) is 56.8 Å². The van der Waals surface area contributed by atoms with Crippen LogP contribution in [0.2, 0.25) is 0 Å². The highest BCUT2D eigenvalue weighted by Gasteiger charge is 2.25. The van der Waals surface area contributed by atoms with Crippen molar-refractivity contribution in [2.75, 3.05) is 19.3 Å². The van der Waals surface area contributed by atoms with Gasteiger partial charge in [0.05, 0.1) is 11.4 Å². The van der Waals surface area contributed by atoms with Crippen molar-refractivity contribution in [1.82, 2.24) is 15.5 Å². The summed E-state index contributed by atoms with van der Waals surface area (Å²) in [4.78, 5) is 7.59. The van der Waals surface area contributed by atoms with Crippen LogP contribution in [-0.4, -0.2) is 50.7 Å². The Kier molecular flexibility index (Phi) is 10.4. The Morgan fingerprint density at radius 2 is 1.78 bits per heavy atom. The summed E-state index contributed by atoms with van der Waals surface area (Å²) in [6, 6.07) is 18.5. The quantitative estimate of drug-likeness (QED) is 0.301. The highest BCUT2D eigenvalue weighted by Crippen LogP contribution is 2.20. The second kappa shape index (κ2) is 12.6. The zero-order valence-corrected chi connectivity index (χ0v) is 22.3. The van der Waals surface area contributed by atoms with E-state index >= 15 is 0 Å². The van der Waals surface area contributed by atoms with E-state index in [1.807, 2.05) is 12.1 Å². The molecule has 0 spiro atoms. The molecule has 2 aromatic rings. The molecule has 3 rings (SSSR count). The Labute approximate surface area is 209 Å². The fourth-order valence-corrected chi connectivity index (χ4v) is 4.56. The molecule has 32 heavy (non-hydrogen) atoms. The number of aliphatic imine (C=N–C) groups is 1. The minimum absolute atomic E-state index is 0. The smallest absolute Gasteiger partial charge is 0.191 e. The van der Waals surface area contributed by atoms with Gasteiger partial charge in [0.2, 0.25) is 0 Å². The first kappa shape index (κ1) is 26.6. The van der Waals surface area contributed by atoms with Crippen LogP contribution in [0.4, 0.5) is 0 Å². The molecule has 0 saturated carbocycles. The Balaban J connectivity index is 0.00000363. The fourth-order valence-electron chi connectivity index (χ4n) is 3.93. The van der Waals surface area contributed by atoms with Crippen molar-refractivity contribution in [3.8, 4) is 0 Å². The summed E-state index contributed by atoms with van der Waals surface area (Å²) in [5.74, 6) is 0.809. The van der Waals surface area contributed by atoms with Gasteiger partial charge in [-0.15, -0.1) is 24.0 Å². The van der Waals surface area contributed by atoms with Crippen molar-refractivity contribution in [3.63, 3.8) is 0 Å². The van der Waals surface area contributed by atoms with E-state index in [0.717, 1.165) is 44.0 Å². The summed E-state index contributed by atoms with van der Waals surface area (Å²) < 4.78 is 23.2. The van der Waals surface area contributed by atoms with Gasteiger partial charge in [-0.05, 0) is 49.9 Å². The van der Waals surface area contributed by atoms with Gasteiger partial charge in [0, 0.05) is 38.0 Å². The largest absolute Gasteiger partial charge is 0.357 e. The summed E-state index contributed by atoms with van der Waals surface area (Å²) in [7, 11) is -3.17. The Morgan fingerprint density at radius 3 is 2.38 bits per heavy atom. The molecule has 2 N–H and O–H groups in total. The molecule has 0 amide bonds. The summed E-state index contributed by atoms with van der Waals surface area (Å²) in [6.45, 7) is 7.70. The number of nitrogens with one attached hydrogen (secondary N) is 2. The Hall–Kier alpha value is -1.65. The highest BCUT2D eigenvalue weighted by molar-refractivity contribution is 14.0. The first-order valence-corrected chi connectivity index (χ1v) is 12.9. The van der Waals surface area contributed by atoms with Gasteiger partial charge in [-0.25, -0.2) is 13.4 Å². The monoisotopic (exact) mass is 570 g/mol. The van der Waals surface area contributed by atoms with Gasteiger partial charge in [0.25, 0.3) is 0 Å². The number of likely N-dealkylation sites (tertiary alicyclic amines) is 1. The first-order chi connectivity index (χ1) is 14.8. The molecule has 0 radical (unpaired) electrons. The molecule has 2 atom stereocenters. The van der Waals surface area contributed by atoms with Gasteiger partial charge < -0.3 is 10.6 Å². The molecule has 2 unspecified atom stereocenters. The van der Waals surface area contributed by atoms with E-state index in [4.69, 9.17) is 4.99 Å². The molecule has 1 saturated heterocycles. The number of guanidine groups is 1. The molecule has 0 aromatic heterocycles. The third-order valence-corrected chi connectivity index (χ3v) is 6.83. The van der Waals surface area contributed by atoms with Crippen LogP contribution in [-0.2, 0) is 22.9 Å². The lowest BCUT2D eigenvalue weighted by atomic mass is 9.97. The molecule has 2 aromatic carbocycles. The van der Waals surface area contributed by atoms with Gasteiger partial charge in [-0.3, -0.25) is 4.90 Å². The first-order valence-electron chi connectivity index (χ1n) is 11.0. The molecule has 1 heterocycles. The number of hydrogen-bond donors (Lipinski definition) is 2. The van der Waals surface area contributed by atoms with Crippen molar-refractivity contribution in [1.29, 1.82) is 0 Å². The Bertz CT molecular complexity index is 965. The summed E-state index contributed by atoms with van der Waals surface area (Å²) >= 11 is 0. The van der Waals surface area contributed by atoms with E-state index in [2.05, 4.69) is 59.7 Å². The van der Waals surface area contributed by atoms with Crippen molar-refractivity contribution >= 4 is 39.8 Å². The number of halogens is 1. The zero-order chi connectivity index (χ0) is 22.3. The van der Waals surface area contributed by atoms with Crippen LogP contribution in [0.1, 0.15) is 37.8 Å². The molecule has 0 aliphatic carbocycles. The molecule has 8 heteroatoms. The van der Waals surface area contributed by atoms with Gasteiger partial charge >= 0.3 is 0 Å². The minimum atomic E-state index is -3.17. The maximum atomic E-state index is 11.6. The lowest BCUT2D eigenvalue weighted by Gasteiger charge is -2.38. The molecule has 6 nitrogen and oxygen atoms in total. The van der Waals surface area contributed by atoms with Crippen LogP contribution in [0, 0.1) is 0 Å². The average molecular weight is 571 g/mol. The third kappa shape index (κ3) is 8.04. The molecule has 0 bridgehead atoms. The Morgan fingerprint density at radius 1 is 1.09 bits per heavy atom. The van der Waals surface area contributed by atoms with E-state index in [9.17, 15) is 8.42 Å². The van der Waals surface area contributed by atoms with E-state index in [1.165, 1.54) is 11.8 Å². The molecule has 176 valence electrons. The topological polar surface area (TPSA) is 73.8 Å². The van der Waals surface area contributed by atoms with E-state index in [0.29, 0.717) is 23.5 Å². The van der Waals surface area contributed by atoms with Crippen molar-refractivity contribution in [2.24, 2.45) is 4.99 Å². The summed E-state index contributed by atoms with van der Waals surface area (Å²) in [6.07, 6.45) is 3.37. The number of benzene rings is 2. The predicted octanol–water partition coefficient (Wildman–Crippen LogP) is 3.82. The van der Waals surface area contributed by atoms with E-state index in [-0.39, 0.29) is 24.0 Å². The third-order valence-electron chi connectivity index (χ3n) is 5.70. The number of rotatable bonds is 7. The average Bonchev–Trinajstić information content (AvgIpc) is 2.74. The lowest BCUT2D eigenvalue weighted by molar-refractivity contribution is 0.134. The van der Waals surface area contributed by atoms with Crippen LogP contribution in [0.25, 0.3) is 0 Å². The zero-order valence-electron chi connectivity index (χ0n) is 19.1. The second-order valence-corrected chi connectivity index (χ2v) is 10.3. The summed E-state index contributed by atoms with van der Waals surface area (Å²) in [5.41, 5.74) is 2.34. The highest BCUT2D eigenvalue weighted by atomic mass is 127. The predicted molar refractivity (Wildman–Crippen MR) is 142 cm³/mol. The van der Waals surface area contributed by atoms with Gasteiger partial charge in [0.15, 0.2) is 15.8 Å². The number of sulfone groups is 1. The van der Waals surface area contributed by atoms with Gasteiger partial charge in [-0.2, -0.15) is 0 Å². The fraction of sp³-hybridized carbons (Fsp3) is 0.458. The lowest BCUT2D eigenvalue weighted by Crippen LogP contribution is -2.51. The molecular weight excluding hydrogens is 535 g/mol. The number of hydrogen-bond acceptors (Lipinski definition) is 4. The SMILES string of the molecule is CCNC(=NCc1ccc(S(C)(=O)=O)cc1)NC1CCN(Cc2ccccc2)C(C)C1.I. The number of piperidine rings is 1. The van der Waals surface area contributed by atoms with Crippen LogP contribution < -0.4 is 10.6 Å². The molecular formula is C24H35IN4O2S. The standard InChI is InChI=1S/C24H34N4O2S.HI/c1-4-25-24(26-17-20-10-12-23(13-11-20)31(3,29)30)27-22-14-15-28(19(2)16-22)18-21-8-6-5-7-9-21;/h5-13,19,22H,4,14-18H2,1-3H3,(H2,25,26,27);1H. The van der Waals surface area contributed by atoms with Crippen LogP contribution >= 0.6 is 24.0 Å². The number of nitrogens with zero attached hydrogens (tertiary/aromatic N) is 2. The van der Waals surface area contributed by atoms with Crippen molar-refractivity contribution in [3.05, 3.63) is 65.7 Å². The van der Waals surface area contributed by atoms with Gasteiger partial charge in [0.1, 0.15) is 0 Å². The van der Waals surface area contributed by atoms with Crippen LogP contribution in [0.15, 0.2) is 64.5 Å². The molecule has 1 aliphatic heterocycles. The van der Waals surface area contributed by atoms with Crippen LogP contribution in [0.5, 0.6) is 0 Å². The second-order valence-electron chi connectivity index (χ2n) is 8.28. The summed E-state index contributed by atoms with van der Waals surface area (Å²) in [5, 5.41) is 6.93. The van der Waals surface area contributed by atoms with Crippen molar-refractivity contribution < 1.29 is 8.42 Å². The molecule has 1 aliphatic rings.